The summed E-state index contributed by atoms with van der Waals surface area (Å²) in [5.41, 5.74) is 3.05. The number of methoxy groups -OCH3 is 2. The molecule has 1 saturated heterocycles. The molecule has 1 fully saturated rings. The third-order valence-electron chi connectivity index (χ3n) is 6.55. The zero-order valence-electron chi connectivity index (χ0n) is 20.8. The van der Waals surface area contributed by atoms with Gasteiger partial charge in [0.1, 0.15) is 11.8 Å². The maximum absolute atomic E-state index is 13.8. The van der Waals surface area contributed by atoms with Gasteiger partial charge in [-0.2, -0.15) is 0 Å². The molecular weight excluding hydrogens is 538 g/mol. The van der Waals surface area contributed by atoms with Crippen molar-refractivity contribution in [1.82, 2.24) is 15.2 Å². The van der Waals surface area contributed by atoms with Gasteiger partial charge in [-0.05, 0) is 64.7 Å². The number of benzene rings is 2. The van der Waals surface area contributed by atoms with Crippen LogP contribution in [0.15, 0.2) is 71.5 Å². The van der Waals surface area contributed by atoms with Crippen LogP contribution >= 0.6 is 15.9 Å². The number of carbonyl (C=O) groups is 3. The van der Waals surface area contributed by atoms with Crippen LogP contribution < -0.4 is 10.1 Å². The van der Waals surface area contributed by atoms with Gasteiger partial charge in [0.2, 0.25) is 5.91 Å². The first kappa shape index (κ1) is 26.3. The first-order valence-electron chi connectivity index (χ1n) is 11.8. The number of nitrogens with zero attached hydrogens (tertiary/aromatic N) is 2. The number of ether oxygens (including phenoxy) is 2. The van der Waals surface area contributed by atoms with Crippen LogP contribution in [0.25, 0.3) is 0 Å². The van der Waals surface area contributed by atoms with E-state index in [1.54, 1.807) is 43.6 Å². The standard InChI is InChI=1S/C28H28BrN3O5/c1-17-6-8-18(9-7-17)15-31-26(33)23-14-21(28(35)37-3)25(19-10-11-24(36-2)22(29)13-19)32(23)27(34)20-5-4-12-30-16-20/h4-13,16,21,23,25H,14-15H2,1-3H3,(H,31,33). The lowest BCUT2D eigenvalue weighted by Gasteiger charge is -2.31. The van der Waals surface area contributed by atoms with Crippen LogP contribution in [-0.4, -0.2) is 47.9 Å². The molecule has 0 spiro atoms. The van der Waals surface area contributed by atoms with Gasteiger partial charge in [0.25, 0.3) is 5.91 Å². The molecule has 0 radical (unpaired) electrons. The molecule has 0 bridgehead atoms. The highest BCUT2D eigenvalue weighted by Crippen LogP contribution is 2.44. The second-order valence-electron chi connectivity index (χ2n) is 8.88. The number of nitrogens with one attached hydrogen (secondary N) is 1. The Hall–Kier alpha value is -3.72. The Labute approximate surface area is 224 Å². The fourth-order valence-electron chi connectivity index (χ4n) is 4.66. The molecule has 3 aromatic rings. The minimum absolute atomic E-state index is 0.118. The Bertz CT molecular complexity index is 1280. The highest BCUT2D eigenvalue weighted by atomic mass is 79.9. The average Bonchev–Trinajstić information content (AvgIpc) is 3.33. The van der Waals surface area contributed by atoms with Crippen molar-refractivity contribution in [2.45, 2.75) is 32.0 Å². The van der Waals surface area contributed by atoms with Crippen LogP contribution in [0.5, 0.6) is 5.75 Å². The second-order valence-corrected chi connectivity index (χ2v) is 9.73. The number of aryl methyl sites for hydroxylation is 1. The van der Waals surface area contributed by atoms with E-state index in [1.165, 1.54) is 18.2 Å². The predicted molar refractivity (Wildman–Crippen MR) is 141 cm³/mol. The molecule has 9 heteroatoms. The summed E-state index contributed by atoms with van der Waals surface area (Å²) in [5.74, 6) is -1.38. The topological polar surface area (TPSA) is 97.8 Å². The summed E-state index contributed by atoms with van der Waals surface area (Å²) in [6, 6.07) is 14.8. The van der Waals surface area contributed by atoms with E-state index in [9.17, 15) is 14.4 Å². The van der Waals surface area contributed by atoms with Crippen LogP contribution in [0, 0.1) is 12.8 Å². The van der Waals surface area contributed by atoms with Crippen molar-refractivity contribution in [2.75, 3.05) is 14.2 Å². The summed E-state index contributed by atoms with van der Waals surface area (Å²) in [6.45, 7) is 2.29. The van der Waals surface area contributed by atoms with Gasteiger partial charge in [-0.1, -0.05) is 35.9 Å². The zero-order valence-corrected chi connectivity index (χ0v) is 22.4. The van der Waals surface area contributed by atoms with Gasteiger partial charge < -0.3 is 19.7 Å². The Kier molecular flexibility index (Phi) is 8.23. The molecule has 1 N–H and O–H groups in total. The highest BCUT2D eigenvalue weighted by molar-refractivity contribution is 9.10. The molecule has 0 aliphatic carbocycles. The van der Waals surface area contributed by atoms with Crippen molar-refractivity contribution in [1.29, 1.82) is 0 Å². The molecule has 37 heavy (non-hydrogen) atoms. The number of hydrogen-bond acceptors (Lipinski definition) is 6. The monoisotopic (exact) mass is 565 g/mol. The van der Waals surface area contributed by atoms with Gasteiger partial charge in [0, 0.05) is 18.9 Å². The number of carbonyl (C=O) groups excluding carboxylic acids is 3. The molecular formula is C28H28BrN3O5. The lowest BCUT2D eigenvalue weighted by molar-refractivity contribution is -0.146. The smallest absolute Gasteiger partial charge is 0.311 e. The van der Waals surface area contributed by atoms with Crippen LogP contribution in [0.4, 0.5) is 0 Å². The molecule has 1 aliphatic heterocycles. The molecule has 192 valence electrons. The lowest BCUT2D eigenvalue weighted by atomic mass is 9.93. The van der Waals surface area contributed by atoms with Crippen molar-refractivity contribution in [3.63, 3.8) is 0 Å². The number of hydrogen-bond donors (Lipinski definition) is 1. The van der Waals surface area contributed by atoms with E-state index >= 15 is 0 Å². The molecule has 0 saturated carbocycles. The molecule has 2 heterocycles. The van der Waals surface area contributed by atoms with E-state index < -0.39 is 29.9 Å². The summed E-state index contributed by atoms with van der Waals surface area (Å²) < 4.78 is 11.1. The summed E-state index contributed by atoms with van der Waals surface area (Å²) in [4.78, 5) is 45.9. The van der Waals surface area contributed by atoms with Gasteiger partial charge in [-0.15, -0.1) is 0 Å². The molecule has 1 aliphatic rings. The number of esters is 1. The number of pyridine rings is 1. The minimum atomic E-state index is -0.895. The molecule has 2 aromatic carbocycles. The summed E-state index contributed by atoms with van der Waals surface area (Å²) in [6.07, 6.45) is 3.14. The third kappa shape index (κ3) is 5.67. The summed E-state index contributed by atoms with van der Waals surface area (Å²) in [7, 11) is 2.86. The molecule has 3 unspecified atom stereocenters. The van der Waals surface area contributed by atoms with E-state index in [1.807, 2.05) is 31.2 Å². The molecule has 3 atom stereocenters. The Morgan fingerprint density at radius 1 is 1.11 bits per heavy atom. The van der Waals surface area contributed by atoms with Crippen LogP contribution in [0.1, 0.15) is 39.5 Å². The fraction of sp³-hybridized carbons (Fsp3) is 0.286. The fourth-order valence-corrected chi connectivity index (χ4v) is 5.22. The first-order chi connectivity index (χ1) is 17.8. The molecule has 1 aromatic heterocycles. The quantitative estimate of drug-likeness (QED) is 0.431. The van der Waals surface area contributed by atoms with Crippen molar-refractivity contribution >= 4 is 33.7 Å². The Morgan fingerprint density at radius 2 is 1.86 bits per heavy atom. The number of rotatable bonds is 7. The number of halogens is 1. The lowest BCUT2D eigenvalue weighted by Crippen LogP contribution is -2.46. The van der Waals surface area contributed by atoms with Crippen molar-refractivity contribution in [3.8, 4) is 5.75 Å². The second kappa shape index (κ2) is 11.6. The van der Waals surface area contributed by atoms with Crippen LogP contribution in [0.2, 0.25) is 0 Å². The number of likely N-dealkylation sites (tertiary alicyclic amines) is 1. The van der Waals surface area contributed by atoms with Gasteiger partial charge >= 0.3 is 5.97 Å². The van der Waals surface area contributed by atoms with Gasteiger partial charge in [-0.3, -0.25) is 19.4 Å². The van der Waals surface area contributed by atoms with Crippen LogP contribution in [0.3, 0.4) is 0 Å². The van der Waals surface area contributed by atoms with E-state index in [-0.39, 0.29) is 12.3 Å². The largest absolute Gasteiger partial charge is 0.496 e. The highest BCUT2D eigenvalue weighted by Gasteiger charge is 2.51. The third-order valence-corrected chi connectivity index (χ3v) is 7.17. The van der Waals surface area contributed by atoms with Gasteiger partial charge in [-0.25, -0.2) is 0 Å². The maximum Gasteiger partial charge on any atom is 0.311 e. The van der Waals surface area contributed by atoms with Gasteiger partial charge in [0.15, 0.2) is 0 Å². The zero-order chi connectivity index (χ0) is 26.5. The molecule has 8 nitrogen and oxygen atoms in total. The first-order valence-corrected chi connectivity index (χ1v) is 12.6. The normalized spacial score (nSPS) is 18.8. The predicted octanol–water partition coefficient (Wildman–Crippen LogP) is 4.22. The Morgan fingerprint density at radius 3 is 2.49 bits per heavy atom. The Balaban J connectivity index is 1.73. The van der Waals surface area contributed by atoms with Crippen molar-refractivity contribution < 1.29 is 23.9 Å². The maximum atomic E-state index is 13.8. The average molecular weight is 566 g/mol. The SMILES string of the molecule is COC(=O)C1CC(C(=O)NCc2ccc(C)cc2)N(C(=O)c2cccnc2)C1c1ccc(OC)c(Br)c1. The van der Waals surface area contributed by atoms with Crippen molar-refractivity contribution in [2.24, 2.45) is 5.92 Å². The summed E-state index contributed by atoms with van der Waals surface area (Å²) in [5, 5.41) is 2.95. The van der Waals surface area contributed by atoms with E-state index in [2.05, 4.69) is 26.2 Å². The minimum Gasteiger partial charge on any atom is -0.496 e. The van der Waals surface area contributed by atoms with Crippen molar-refractivity contribution in [3.05, 3.63) is 93.7 Å². The summed E-state index contributed by atoms with van der Waals surface area (Å²) >= 11 is 3.50. The van der Waals surface area contributed by atoms with E-state index in [0.717, 1.165) is 11.1 Å². The number of amides is 2. The van der Waals surface area contributed by atoms with E-state index in [4.69, 9.17) is 9.47 Å². The molecule has 4 rings (SSSR count). The molecule has 2 amide bonds. The van der Waals surface area contributed by atoms with Crippen LogP contribution in [-0.2, 0) is 20.9 Å². The van der Waals surface area contributed by atoms with Gasteiger partial charge in [0.05, 0.1) is 36.2 Å². The number of aromatic nitrogens is 1. The van der Waals surface area contributed by atoms with E-state index in [0.29, 0.717) is 27.9 Å².